The van der Waals surface area contributed by atoms with Crippen molar-refractivity contribution >= 4 is 31.9 Å². The third-order valence-corrected chi connectivity index (χ3v) is 6.23. The molecule has 0 saturated carbocycles. The van der Waals surface area contributed by atoms with Gasteiger partial charge in [0.25, 0.3) is 0 Å². The smallest absolute Gasteiger partial charge is 0.342 e. The lowest BCUT2D eigenvalue weighted by Crippen LogP contribution is -2.47. The maximum absolute atomic E-state index is 13.2. The highest BCUT2D eigenvalue weighted by Gasteiger charge is 2.38. The van der Waals surface area contributed by atoms with E-state index in [4.69, 9.17) is 0 Å². The van der Waals surface area contributed by atoms with Crippen molar-refractivity contribution in [3.05, 3.63) is 28.2 Å². The fraction of sp³-hybridized carbons (Fsp3) is 0.562. The Bertz CT molecular complexity index is 773. The summed E-state index contributed by atoms with van der Waals surface area (Å²) in [6.07, 6.45) is -4.08. The minimum atomic E-state index is -4.79. The van der Waals surface area contributed by atoms with Crippen LogP contribution >= 0.6 is 15.9 Å². The Morgan fingerprint density at radius 2 is 1.85 bits per heavy atom. The first-order valence-electron chi connectivity index (χ1n) is 8.09. The van der Waals surface area contributed by atoms with Crippen molar-refractivity contribution in [2.75, 3.05) is 13.1 Å². The summed E-state index contributed by atoms with van der Waals surface area (Å²) in [5.74, 6) is -0.168. The number of sulfonamides is 1. The van der Waals surface area contributed by atoms with E-state index < -0.39 is 32.7 Å². The third-order valence-electron chi connectivity index (χ3n) is 4.16. The Morgan fingerprint density at radius 3 is 2.35 bits per heavy atom. The van der Waals surface area contributed by atoms with E-state index >= 15 is 0 Å². The Kier molecular flexibility index (Phi) is 6.40. The van der Waals surface area contributed by atoms with Crippen molar-refractivity contribution in [3.63, 3.8) is 0 Å². The first-order chi connectivity index (χ1) is 11.9. The molecular weight excluding hydrogens is 437 g/mol. The molecule has 1 aliphatic heterocycles. The second-order valence-corrected chi connectivity index (χ2v) is 9.11. The van der Waals surface area contributed by atoms with E-state index in [1.54, 1.807) is 18.7 Å². The van der Waals surface area contributed by atoms with Crippen molar-refractivity contribution < 1.29 is 26.4 Å². The zero-order chi connectivity index (χ0) is 19.7. The SMILES string of the molecule is CC(C)C(=O)N1CCC(NS(=O)(=O)c2ccc(Br)cc2C(F)(F)F)CC1. The van der Waals surface area contributed by atoms with Crippen molar-refractivity contribution in [1.82, 2.24) is 9.62 Å². The topological polar surface area (TPSA) is 66.5 Å². The molecule has 146 valence electrons. The second-order valence-electron chi connectivity index (χ2n) is 6.51. The van der Waals surface area contributed by atoms with Gasteiger partial charge in [0.2, 0.25) is 15.9 Å². The molecule has 10 heteroatoms. The molecule has 1 aromatic rings. The number of nitrogens with zero attached hydrogens (tertiary/aromatic N) is 1. The van der Waals surface area contributed by atoms with Crippen molar-refractivity contribution in [3.8, 4) is 0 Å². The second kappa shape index (κ2) is 7.85. The monoisotopic (exact) mass is 456 g/mol. The molecule has 0 bridgehead atoms. The van der Waals surface area contributed by atoms with Gasteiger partial charge in [-0.1, -0.05) is 29.8 Å². The van der Waals surface area contributed by atoms with Crippen LogP contribution in [-0.2, 0) is 21.0 Å². The average Bonchev–Trinajstić information content (AvgIpc) is 2.53. The summed E-state index contributed by atoms with van der Waals surface area (Å²) in [5, 5.41) is 0. The molecule has 1 saturated heterocycles. The largest absolute Gasteiger partial charge is 0.417 e. The van der Waals surface area contributed by atoms with Crippen molar-refractivity contribution in [2.24, 2.45) is 5.92 Å². The molecule has 0 atom stereocenters. The first kappa shape index (κ1) is 21.2. The molecule has 26 heavy (non-hydrogen) atoms. The van der Waals surface area contributed by atoms with Gasteiger partial charge in [0.1, 0.15) is 0 Å². The summed E-state index contributed by atoms with van der Waals surface area (Å²) in [5.41, 5.74) is -1.22. The molecule has 0 radical (unpaired) electrons. The molecule has 0 aliphatic carbocycles. The number of halogens is 4. The van der Waals surface area contributed by atoms with Crippen LogP contribution in [0.3, 0.4) is 0 Å². The summed E-state index contributed by atoms with van der Waals surface area (Å²) in [6, 6.07) is 2.43. The number of alkyl halides is 3. The van der Waals surface area contributed by atoms with Gasteiger partial charge >= 0.3 is 6.18 Å². The number of hydrogen-bond acceptors (Lipinski definition) is 3. The minimum absolute atomic E-state index is 0.0152. The summed E-state index contributed by atoms with van der Waals surface area (Å²) in [6.45, 7) is 4.31. The molecule has 1 fully saturated rings. The van der Waals surface area contributed by atoms with Crippen molar-refractivity contribution in [1.29, 1.82) is 0 Å². The number of nitrogens with one attached hydrogen (secondary N) is 1. The van der Waals surface area contributed by atoms with Gasteiger partial charge in [0.15, 0.2) is 0 Å². The Labute approximate surface area is 159 Å². The fourth-order valence-corrected chi connectivity index (χ4v) is 4.70. The third kappa shape index (κ3) is 4.98. The molecule has 2 rings (SSSR count). The summed E-state index contributed by atoms with van der Waals surface area (Å²) in [4.78, 5) is 12.8. The summed E-state index contributed by atoms with van der Waals surface area (Å²) < 4.78 is 67.1. The predicted octanol–water partition coefficient (Wildman–Crippen LogP) is 3.39. The van der Waals surface area contributed by atoms with E-state index in [1.807, 2.05) is 0 Å². The van der Waals surface area contributed by atoms with Crippen LogP contribution in [0.25, 0.3) is 0 Å². The van der Waals surface area contributed by atoms with Crippen LogP contribution < -0.4 is 4.72 Å². The zero-order valence-corrected chi connectivity index (χ0v) is 16.7. The highest BCUT2D eigenvalue weighted by molar-refractivity contribution is 9.10. The van der Waals surface area contributed by atoms with Gasteiger partial charge in [-0.25, -0.2) is 13.1 Å². The van der Waals surface area contributed by atoms with Crippen LogP contribution in [0.5, 0.6) is 0 Å². The predicted molar refractivity (Wildman–Crippen MR) is 93.9 cm³/mol. The van der Waals surface area contributed by atoms with Crippen LogP contribution in [0, 0.1) is 5.92 Å². The number of hydrogen-bond donors (Lipinski definition) is 1. The van der Waals surface area contributed by atoms with E-state index in [-0.39, 0.29) is 16.3 Å². The molecular formula is C16H20BrF3N2O3S. The molecule has 1 amide bonds. The van der Waals surface area contributed by atoms with Gasteiger partial charge in [-0.15, -0.1) is 0 Å². The molecule has 0 spiro atoms. The Hall–Kier alpha value is -1.13. The number of benzene rings is 1. The number of amides is 1. The van der Waals surface area contributed by atoms with E-state index in [0.29, 0.717) is 25.9 Å². The summed E-state index contributed by atoms with van der Waals surface area (Å²) in [7, 11) is -4.34. The lowest BCUT2D eigenvalue weighted by Gasteiger charge is -2.33. The Morgan fingerprint density at radius 1 is 1.27 bits per heavy atom. The van der Waals surface area contributed by atoms with E-state index in [2.05, 4.69) is 20.7 Å². The van der Waals surface area contributed by atoms with Gasteiger partial charge < -0.3 is 4.90 Å². The fourth-order valence-electron chi connectivity index (χ4n) is 2.82. The number of likely N-dealkylation sites (tertiary alicyclic amines) is 1. The van der Waals surface area contributed by atoms with Gasteiger partial charge in [-0.05, 0) is 31.0 Å². The molecule has 5 nitrogen and oxygen atoms in total. The van der Waals surface area contributed by atoms with E-state index in [9.17, 15) is 26.4 Å². The lowest BCUT2D eigenvalue weighted by atomic mass is 10.0. The van der Waals surface area contributed by atoms with Crippen molar-refractivity contribution in [2.45, 2.75) is 43.8 Å². The highest BCUT2D eigenvalue weighted by Crippen LogP contribution is 2.36. The normalized spacial score (nSPS) is 17.0. The molecule has 1 heterocycles. The number of carbonyl (C=O) groups is 1. The Balaban J connectivity index is 2.15. The maximum Gasteiger partial charge on any atom is 0.417 e. The van der Waals surface area contributed by atoms with Crippen LogP contribution in [-0.4, -0.2) is 38.4 Å². The molecule has 0 unspecified atom stereocenters. The molecule has 0 aromatic heterocycles. The average molecular weight is 457 g/mol. The summed E-state index contributed by atoms with van der Waals surface area (Å²) >= 11 is 2.93. The van der Waals surface area contributed by atoms with Crippen LogP contribution in [0.1, 0.15) is 32.3 Å². The molecule has 1 N–H and O–H groups in total. The van der Waals surface area contributed by atoms with E-state index in [0.717, 1.165) is 12.1 Å². The molecule has 1 aromatic carbocycles. The van der Waals surface area contributed by atoms with Gasteiger partial charge in [0.05, 0.1) is 10.5 Å². The first-order valence-corrected chi connectivity index (χ1v) is 10.4. The van der Waals surface area contributed by atoms with Crippen LogP contribution in [0.4, 0.5) is 13.2 Å². The van der Waals surface area contributed by atoms with Gasteiger partial charge in [-0.2, -0.15) is 13.2 Å². The van der Waals surface area contributed by atoms with Crippen LogP contribution in [0.2, 0.25) is 0 Å². The van der Waals surface area contributed by atoms with E-state index in [1.165, 1.54) is 6.07 Å². The quantitative estimate of drug-likeness (QED) is 0.754. The number of carbonyl (C=O) groups excluding carboxylic acids is 1. The maximum atomic E-state index is 13.2. The van der Waals surface area contributed by atoms with Crippen LogP contribution in [0.15, 0.2) is 27.6 Å². The minimum Gasteiger partial charge on any atom is -0.342 e. The van der Waals surface area contributed by atoms with Gasteiger partial charge in [-0.3, -0.25) is 4.79 Å². The lowest BCUT2D eigenvalue weighted by molar-refractivity contribution is -0.140. The number of rotatable bonds is 4. The standard InChI is InChI=1S/C16H20BrF3N2O3S/c1-10(2)15(23)22-7-5-12(6-8-22)21-26(24,25)14-4-3-11(17)9-13(14)16(18,19)20/h3-4,9-10,12,21H,5-8H2,1-2H3. The number of piperidine rings is 1. The van der Waals surface area contributed by atoms with Gasteiger partial charge in [0, 0.05) is 29.5 Å². The zero-order valence-electron chi connectivity index (χ0n) is 14.3. The highest BCUT2D eigenvalue weighted by atomic mass is 79.9. The molecule has 1 aliphatic rings.